The van der Waals surface area contributed by atoms with E-state index in [0.717, 1.165) is 11.4 Å². The highest BCUT2D eigenvalue weighted by atomic mass is 16.5. The molecule has 0 saturated carbocycles. The van der Waals surface area contributed by atoms with Crippen LogP contribution in [-0.4, -0.2) is 59.9 Å². The lowest BCUT2D eigenvalue weighted by Crippen LogP contribution is -2.47. The average Bonchev–Trinajstić information content (AvgIpc) is 3.14. The van der Waals surface area contributed by atoms with E-state index >= 15 is 0 Å². The molecule has 0 aliphatic carbocycles. The van der Waals surface area contributed by atoms with Gasteiger partial charge in [-0.05, 0) is 23.8 Å². The van der Waals surface area contributed by atoms with Crippen molar-refractivity contribution in [2.24, 2.45) is 0 Å². The number of amides is 2. The van der Waals surface area contributed by atoms with Crippen molar-refractivity contribution in [2.75, 3.05) is 38.2 Å². The molecule has 0 atom stereocenters. The summed E-state index contributed by atoms with van der Waals surface area (Å²) in [6.45, 7) is 2.87. The summed E-state index contributed by atoms with van der Waals surface area (Å²) in [5, 5.41) is 0. The monoisotopic (exact) mass is 454 g/mol. The number of carbonyl (C=O) groups excluding carboxylic acids is 2. The molecule has 172 valence electrons. The molecule has 0 bridgehead atoms. The summed E-state index contributed by atoms with van der Waals surface area (Å²) < 4.78 is 5.55. The molecular formula is C27H26N4O3. The Morgan fingerprint density at radius 3 is 2.18 bits per heavy atom. The van der Waals surface area contributed by atoms with Crippen LogP contribution in [-0.2, 0) is 16.1 Å². The average molecular weight is 455 g/mol. The lowest BCUT2D eigenvalue weighted by molar-refractivity contribution is -0.138. The normalized spacial score (nSPS) is 16.4. The second-order valence-electron chi connectivity index (χ2n) is 8.27. The van der Waals surface area contributed by atoms with Crippen molar-refractivity contribution >= 4 is 23.2 Å². The van der Waals surface area contributed by atoms with E-state index < -0.39 is 0 Å². The van der Waals surface area contributed by atoms with Gasteiger partial charge in [-0.25, -0.2) is 4.98 Å². The van der Waals surface area contributed by atoms with Crippen LogP contribution in [0.25, 0.3) is 5.57 Å². The first-order valence-corrected chi connectivity index (χ1v) is 11.4. The number of rotatable bonds is 6. The number of hydrogen-bond acceptors (Lipinski definition) is 6. The fourth-order valence-corrected chi connectivity index (χ4v) is 4.56. The van der Waals surface area contributed by atoms with Crippen LogP contribution in [0.4, 0.5) is 5.82 Å². The molecule has 0 spiro atoms. The summed E-state index contributed by atoms with van der Waals surface area (Å²) >= 11 is 0. The van der Waals surface area contributed by atoms with E-state index in [9.17, 15) is 9.59 Å². The van der Waals surface area contributed by atoms with Crippen molar-refractivity contribution < 1.29 is 14.3 Å². The Morgan fingerprint density at radius 1 is 0.794 bits per heavy atom. The number of anilines is 1. The fraction of sp³-hybridized carbons (Fsp3) is 0.222. The molecule has 2 aliphatic heterocycles. The van der Waals surface area contributed by atoms with Gasteiger partial charge in [0.05, 0.1) is 19.2 Å². The van der Waals surface area contributed by atoms with E-state index in [1.165, 1.54) is 4.90 Å². The van der Waals surface area contributed by atoms with Gasteiger partial charge in [0.2, 0.25) is 0 Å². The number of ether oxygens (including phenoxy) is 1. The molecule has 1 aromatic heterocycles. The Kier molecular flexibility index (Phi) is 5.99. The van der Waals surface area contributed by atoms with Crippen LogP contribution in [0.2, 0.25) is 0 Å². The van der Waals surface area contributed by atoms with Crippen molar-refractivity contribution in [2.45, 2.75) is 6.54 Å². The van der Waals surface area contributed by atoms with E-state index in [-0.39, 0.29) is 18.4 Å². The van der Waals surface area contributed by atoms with Crippen LogP contribution in [0.5, 0.6) is 5.75 Å². The number of carbonyl (C=O) groups is 2. The van der Waals surface area contributed by atoms with Crippen molar-refractivity contribution in [3.05, 3.63) is 95.8 Å². The second kappa shape index (κ2) is 9.39. The highest BCUT2D eigenvalue weighted by Crippen LogP contribution is 2.37. The summed E-state index contributed by atoms with van der Waals surface area (Å²) in [7, 11) is 1.58. The number of benzene rings is 2. The first kappa shape index (κ1) is 21.7. The summed E-state index contributed by atoms with van der Waals surface area (Å²) in [5.41, 5.74) is 2.40. The van der Waals surface area contributed by atoms with Crippen LogP contribution < -0.4 is 9.64 Å². The first-order valence-electron chi connectivity index (χ1n) is 11.4. The zero-order valence-electron chi connectivity index (χ0n) is 19.1. The number of nitrogens with zero attached hydrogens (tertiary/aromatic N) is 4. The number of pyridine rings is 1. The zero-order chi connectivity index (χ0) is 23.5. The van der Waals surface area contributed by atoms with Crippen LogP contribution >= 0.6 is 0 Å². The number of hydrogen-bond donors (Lipinski definition) is 0. The fourth-order valence-electron chi connectivity index (χ4n) is 4.56. The van der Waals surface area contributed by atoms with Gasteiger partial charge in [0.1, 0.15) is 17.3 Å². The summed E-state index contributed by atoms with van der Waals surface area (Å²) in [6, 6.07) is 22.8. The number of aromatic nitrogens is 1. The van der Waals surface area contributed by atoms with Gasteiger partial charge in [-0.3, -0.25) is 14.5 Å². The maximum atomic E-state index is 13.7. The standard InChI is InChI=1S/C27H26N4O3/c1-34-22-12-6-5-11-21(22)24-25(27(33)31(26(24)32)19-20-9-3-2-4-10-20)30-17-15-29(16-18-30)23-13-7-8-14-28-23/h2-14H,15-19H2,1H3. The van der Waals surface area contributed by atoms with E-state index in [4.69, 9.17) is 4.74 Å². The molecular weight excluding hydrogens is 428 g/mol. The number of para-hydroxylation sites is 1. The third-order valence-corrected chi connectivity index (χ3v) is 6.27. The van der Waals surface area contributed by atoms with E-state index in [0.29, 0.717) is 48.8 Å². The highest BCUT2D eigenvalue weighted by Gasteiger charge is 2.43. The summed E-state index contributed by atoms with van der Waals surface area (Å²) in [4.78, 5) is 37.4. The first-order chi connectivity index (χ1) is 16.7. The Hall–Kier alpha value is -4.13. The van der Waals surface area contributed by atoms with Crippen molar-refractivity contribution in [3.63, 3.8) is 0 Å². The summed E-state index contributed by atoms with van der Waals surface area (Å²) in [5.74, 6) is 0.937. The summed E-state index contributed by atoms with van der Waals surface area (Å²) in [6.07, 6.45) is 1.78. The number of methoxy groups -OCH3 is 1. The van der Waals surface area contributed by atoms with Crippen molar-refractivity contribution in [1.82, 2.24) is 14.8 Å². The molecule has 2 amide bonds. The molecule has 7 nitrogen and oxygen atoms in total. The van der Waals surface area contributed by atoms with Crippen molar-refractivity contribution in [1.29, 1.82) is 0 Å². The van der Waals surface area contributed by atoms with Crippen molar-refractivity contribution in [3.8, 4) is 5.75 Å². The Balaban J connectivity index is 1.49. The van der Waals surface area contributed by atoms with E-state index in [1.54, 1.807) is 13.3 Å². The third kappa shape index (κ3) is 4.01. The maximum Gasteiger partial charge on any atom is 0.278 e. The molecule has 0 radical (unpaired) electrons. The van der Waals surface area contributed by atoms with Gasteiger partial charge in [-0.2, -0.15) is 0 Å². The predicted octanol–water partition coefficient (Wildman–Crippen LogP) is 3.19. The number of imide groups is 1. The van der Waals surface area contributed by atoms with Gasteiger partial charge in [0, 0.05) is 37.9 Å². The van der Waals surface area contributed by atoms with Gasteiger partial charge in [-0.15, -0.1) is 0 Å². The molecule has 2 aliphatic rings. The second-order valence-corrected chi connectivity index (χ2v) is 8.27. The lowest BCUT2D eigenvalue weighted by Gasteiger charge is -2.37. The molecule has 3 heterocycles. The maximum absolute atomic E-state index is 13.7. The minimum atomic E-state index is -0.291. The molecule has 34 heavy (non-hydrogen) atoms. The topological polar surface area (TPSA) is 66.0 Å². The van der Waals surface area contributed by atoms with Crippen LogP contribution in [0.3, 0.4) is 0 Å². The van der Waals surface area contributed by atoms with Gasteiger partial charge >= 0.3 is 0 Å². The van der Waals surface area contributed by atoms with E-state index in [1.807, 2.05) is 77.7 Å². The molecule has 7 heteroatoms. The zero-order valence-corrected chi connectivity index (χ0v) is 19.1. The Labute approximate surface area is 198 Å². The smallest absolute Gasteiger partial charge is 0.278 e. The SMILES string of the molecule is COc1ccccc1C1=C(N2CCN(c3ccccn3)CC2)C(=O)N(Cc2ccccc2)C1=O. The number of piperazine rings is 1. The lowest BCUT2D eigenvalue weighted by atomic mass is 10.0. The van der Waals surface area contributed by atoms with Crippen LogP contribution in [0, 0.1) is 0 Å². The molecule has 1 fully saturated rings. The van der Waals surface area contributed by atoms with E-state index in [2.05, 4.69) is 9.88 Å². The Morgan fingerprint density at radius 2 is 1.47 bits per heavy atom. The molecule has 0 unspecified atom stereocenters. The minimum Gasteiger partial charge on any atom is -0.496 e. The molecule has 0 N–H and O–H groups in total. The van der Waals surface area contributed by atoms with Crippen LogP contribution in [0.1, 0.15) is 11.1 Å². The van der Waals surface area contributed by atoms with Gasteiger partial charge in [0.15, 0.2) is 0 Å². The van der Waals surface area contributed by atoms with Gasteiger partial charge in [-0.1, -0.05) is 54.6 Å². The quantitative estimate of drug-likeness (QED) is 0.533. The molecule has 5 rings (SSSR count). The Bertz CT molecular complexity index is 1220. The predicted molar refractivity (Wildman–Crippen MR) is 130 cm³/mol. The largest absolute Gasteiger partial charge is 0.496 e. The third-order valence-electron chi connectivity index (χ3n) is 6.27. The molecule has 3 aromatic rings. The van der Waals surface area contributed by atoms with Gasteiger partial charge in [0.25, 0.3) is 11.8 Å². The van der Waals surface area contributed by atoms with Gasteiger partial charge < -0.3 is 14.5 Å². The van der Waals surface area contributed by atoms with Crippen LogP contribution in [0.15, 0.2) is 84.7 Å². The molecule has 1 saturated heterocycles. The highest BCUT2D eigenvalue weighted by molar-refractivity contribution is 6.35. The molecule has 2 aromatic carbocycles. The minimum absolute atomic E-state index is 0.231.